The van der Waals surface area contributed by atoms with E-state index in [4.69, 9.17) is 0 Å². The first kappa shape index (κ1) is 6.14. The molecule has 0 bridgehead atoms. The van der Waals surface area contributed by atoms with Gasteiger partial charge < -0.3 is 0 Å². The third-order valence-electron chi connectivity index (χ3n) is 2.49. The van der Waals surface area contributed by atoms with Gasteiger partial charge in [-0.1, -0.05) is 6.08 Å². The lowest BCUT2D eigenvalue weighted by Crippen LogP contribution is -2.03. The van der Waals surface area contributed by atoms with E-state index in [1.54, 1.807) is 0 Å². The van der Waals surface area contributed by atoms with Crippen LogP contribution in [0, 0.1) is 17.8 Å². The van der Waals surface area contributed by atoms with Crippen molar-refractivity contribution in [2.24, 2.45) is 17.8 Å². The molecule has 2 rings (SSSR count). The molecule has 1 nitrogen and oxygen atoms in total. The summed E-state index contributed by atoms with van der Waals surface area (Å²) in [6, 6.07) is 0. The summed E-state index contributed by atoms with van der Waals surface area (Å²) in [6.07, 6.45) is 5.31. The van der Waals surface area contributed by atoms with Gasteiger partial charge in [0.15, 0.2) is 0 Å². The van der Waals surface area contributed by atoms with Gasteiger partial charge in [0.25, 0.3) is 0 Å². The molecule has 2 atom stereocenters. The molecule has 0 aromatic heterocycles. The number of ketones is 1. The summed E-state index contributed by atoms with van der Waals surface area (Å²) >= 11 is 0. The minimum atomic E-state index is 0.380. The van der Waals surface area contributed by atoms with Crippen molar-refractivity contribution in [3.63, 3.8) is 0 Å². The van der Waals surface area contributed by atoms with Gasteiger partial charge in [0, 0.05) is 11.8 Å². The molecule has 0 heterocycles. The molecule has 0 aromatic carbocycles. The van der Waals surface area contributed by atoms with Crippen LogP contribution >= 0.6 is 0 Å². The molecule has 0 aromatic rings. The van der Waals surface area contributed by atoms with Crippen molar-refractivity contribution in [3.05, 3.63) is 12.7 Å². The highest BCUT2D eigenvalue weighted by molar-refractivity contribution is 5.88. The van der Waals surface area contributed by atoms with Crippen molar-refractivity contribution in [2.45, 2.75) is 19.3 Å². The Balaban J connectivity index is 1.89. The lowest BCUT2D eigenvalue weighted by molar-refractivity contribution is -0.121. The molecule has 2 fully saturated rings. The van der Waals surface area contributed by atoms with Crippen molar-refractivity contribution in [2.75, 3.05) is 0 Å². The number of allylic oxidation sites excluding steroid dienone is 1. The Labute approximate surface area is 61.1 Å². The number of hydrogen-bond acceptors (Lipinski definition) is 1. The fourth-order valence-corrected chi connectivity index (χ4v) is 1.47. The van der Waals surface area contributed by atoms with Gasteiger partial charge in [-0.05, 0) is 25.2 Å². The van der Waals surface area contributed by atoms with Crippen LogP contribution in [0.25, 0.3) is 0 Å². The second-order valence-electron chi connectivity index (χ2n) is 3.42. The van der Waals surface area contributed by atoms with E-state index in [9.17, 15) is 4.79 Å². The van der Waals surface area contributed by atoms with Gasteiger partial charge in [0.05, 0.1) is 0 Å². The SMILES string of the molecule is C=C[C@@H]1CC1C(=O)C1CC1. The molecule has 0 saturated heterocycles. The normalized spacial score (nSPS) is 37.2. The first-order valence-corrected chi connectivity index (χ1v) is 3.99. The number of Topliss-reactive ketones (excluding diaryl/α,β-unsaturated/α-hetero) is 1. The maximum Gasteiger partial charge on any atom is 0.139 e. The summed E-state index contributed by atoms with van der Waals surface area (Å²) in [7, 11) is 0. The van der Waals surface area contributed by atoms with Gasteiger partial charge in [0.1, 0.15) is 5.78 Å². The Bertz CT molecular complexity index is 179. The van der Waals surface area contributed by atoms with Crippen molar-refractivity contribution < 1.29 is 4.79 Å². The average Bonchev–Trinajstić information content (AvgIpc) is 2.83. The number of carbonyl (C=O) groups is 1. The van der Waals surface area contributed by atoms with Crippen molar-refractivity contribution >= 4 is 5.78 Å². The van der Waals surface area contributed by atoms with Gasteiger partial charge in [-0.3, -0.25) is 4.79 Å². The summed E-state index contributed by atoms with van der Waals surface area (Å²) in [6.45, 7) is 3.68. The van der Waals surface area contributed by atoms with Gasteiger partial charge >= 0.3 is 0 Å². The number of rotatable bonds is 3. The van der Waals surface area contributed by atoms with E-state index in [2.05, 4.69) is 6.58 Å². The molecule has 0 amide bonds. The molecule has 0 spiro atoms. The highest BCUT2D eigenvalue weighted by Crippen LogP contribution is 2.46. The van der Waals surface area contributed by atoms with Gasteiger partial charge in [0.2, 0.25) is 0 Å². The lowest BCUT2D eigenvalue weighted by Gasteiger charge is -1.90. The summed E-state index contributed by atoms with van der Waals surface area (Å²) in [5, 5.41) is 0. The molecule has 1 heteroatoms. The molecule has 0 aliphatic heterocycles. The van der Waals surface area contributed by atoms with Crippen LogP contribution in [0.1, 0.15) is 19.3 Å². The highest BCUT2D eigenvalue weighted by atomic mass is 16.1. The van der Waals surface area contributed by atoms with Crippen LogP contribution < -0.4 is 0 Å². The lowest BCUT2D eigenvalue weighted by atomic mass is 10.1. The molecule has 10 heavy (non-hydrogen) atoms. The Morgan fingerprint density at radius 1 is 1.50 bits per heavy atom. The van der Waals surface area contributed by atoms with Crippen LogP contribution in [-0.4, -0.2) is 5.78 Å². The van der Waals surface area contributed by atoms with Crippen molar-refractivity contribution in [1.29, 1.82) is 0 Å². The van der Waals surface area contributed by atoms with Gasteiger partial charge in [-0.25, -0.2) is 0 Å². The van der Waals surface area contributed by atoms with Crippen molar-refractivity contribution in [3.8, 4) is 0 Å². The molecule has 2 aliphatic rings. The predicted molar refractivity (Wildman–Crippen MR) is 39.5 cm³/mol. The van der Waals surface area contributed by atoms with Crippen molar-refractivity contribution in [1.82, 2.24) is 0 Å². The zero-order valence-corrected chi connectivity index (χ0v) is 6.05. The van der Waals surface area contributed by atoms with Gasteiger partial charge in [-0.15, -0.1) is 6.58 Å². The number of carbonyl (C=O) groups excluding carboxylic acids is 1. The van der Waals surface area contributed by atoms with E-state index in [-0.39, 0.29) is 0 Å². The third kappa shape index (κ3) is 0.898. The van der Waals surface area contributed by atoms with E-state index in [0.717, 1.165) is 19.3 Å². The quantitative estimate of drug-likeness (QED) is 0.540. The maximum absolute atomic E-state index is 11.3. The third-order valence-corrected chi connectivity index (χ3v) is 2.49. The Kier molecular flexibility index (Phi) is 1.19. The monoisotopic (exact) mass is 136 g/mol. The maximum atomic E-state index is 11.3. The van der Waals surface area contributed by atoms with E-state index >= 15 is 0 Å². The second-order valence-corrected chi connectivity index (χ2v) is 3.42. The van der Waals surface area contributed by atoms with Crippen LogP contribution in [0.5, 0.6) is 0 Å². The zero-order chi connectivity index (χ0) is 7.14. The van der Waals surface area contributed by atoms with Gasteiger partial charge in [-0.2, -0.15) is 0 Å². The van der Waals surface area contributed by atoms with E-state index in [1.807, 2.05) is 6.08 Å². The summed E-state index contributed by atoms with van der Waals surface area (Å²) in [5.41, 5.74) is 0. The molecule has 0 radical (unpaired) electrons. The zero-order valence-electron chi connectivity index (χ0n) is 6.05. The predicted octanol–water partition coefficient (Wildman–Crippen LogP) is 1.79. The first-order chi connectivity index (χ1) is 4.83. The summed E-state index contributed by atoms with van der Waals surface area (Å²) in [5.74, 6) is 1.89. The second kappa shape index (κ2) is 1.94. The van der Waals surface area contributed by atoms with Crippen LogP contribution in [0.4, 0.5) is 0 Å². The Hall–Kier alpha value is -0.590. The average molecular weight is 136 g/mol. The summed E-state index contributed by atoms with van der Waals surface area (Å²) in [4.78, 5) is 11.3. The minimum Gasteiger partial charge on any atom is -0.299 e. The van der Waals surface area contributed by atoms with E-state index in [0.29, 0.717) is 23.5 Å². The molecule has 1 unspecified atom stereocenters. The molecular formula is C9H12O. The molecule has 2 saturated carbocycles. The first-order valence-electron chi connectivity index (χ1n) is 3.99. The standard InChI is InChI=1S/C9H12O/c1-2-6-5-8(6)9(10)7-3-4-7/h2,6-8H,1,3-5H2/t6-,8?/m1/s1. The van der Waals surface area contributed by atoms with E-state index in [1.165, 1.54) is 0 Å². The fraction of sp³-hybridized carbons (Fsp3) is 0.667. The topological polar surface area (TPSA) is 17.1 Å². The Morgan fingerprint density at radius 2 is 2.20 bits per heavy atom. The molecule has 2 aliphatic carbocycles. The summed E-state index contributed by atoms with van der Waals surface area (Å²) < 4.78 is 0. The number of hydrogen-bond donors (Lipinski definition) is 0. The minimum absolute atomic E-state index is 0.380. The van der Waals surface area contributed by atoms with Crippen LogP contribution in [-0.2, 0) is 4.79 Å². The van der Waals surface area contributed by atoms with E-state index < -0.39 is 0 Å². The largest absolute Gasteiger partial charge is 0.299 e. The van der Waals surface area contributed by atoms with Crippen LogP contribution in [0.2, 0.25) is 0 Å². The molecule has 0 N–H and O–H groups in total. The van der Waals surface area contributed by atoms with Crippen LogP contribution in [0.15, 0.2) is 12.7 Å². The Morgan fingerprint density at radius 3 is 2.60 bits per heavy atom. The highest BCUT2D eigenvalue weighted by Gasteiger charge is 2.46. The smallest absolute Gasteiger partial charge is 0.139 e. The molecular weight excluding hydrogens is 124 g/mol. The molecule has 54 valence electrons. The fourth-order valence-electron chi connectivity index (χ4n) is 1.47. The van der Waals surface area contributed by atoms with Crippen LogP contribution in [0.3, 0.4) is 0 Å².